The first-order valence-electron chi connectivity index (χ1n) is 4.76. The van der Waals surface area contributed by atoms with E-state index in [0.29, 0.717) is 12.2 Å². The maximum atomic E-state index is 11.9. The first-order valence-corrected chi connectivity index (χ1v) is 4.76. The maximum absolute atomic E-state index is 11.9. The molecule has 0 fully saturated rings. The van der Waals surface area contributed by atoms with Crippen LogP contribution in [0.3, 0.4) is 0 Å². The summed E-state index contributed by atoms with van der Waals surface area (Å²) in [5.41, 5.74) is 6.53. The number of hydrogen-bond acceptors (Lipinski definition) is 2. The van der Waals surface area contributed by atoms with Gasteiger partial charge in [-0.1, -0.05) is 0 Å². The van der Waals surface area contributed by atoms with Gasteiger partial charge in [0.1, 0.15) is 5.76 Å². The Bertz CT molecular complexity index is 306. The second kappa shape index (κ2) is 4.70. The molecule has 0 aliphatic heterocycles. The number of alkyl halides is 3. The summed E-state index contributed by atoms with van der Waals surface area (Å²) in [6.07, 6.45) is -3.01. The molecule has 1 unspecified atom stereocenters. The highest BCUT2D eigenvalue weighted by molar-refractivity contribution is 5.19. The number of halogens is 3. The van der Waals surface area contributed by atoms with Crippen molar-refractivity contribution in [3.8, 4) is 0 Å². The molecule has 1 heterocycles. The first-order chi connectivity index (χ1) is 6.90. The van der Waals surface area contributed by atoms with Crippen molar-refractivity contribution in [2.24, 2.45) is 5.73 Å². The molecule has 2 nitrogen and oxygen atoms in total. The van der Waals surface area contributed by atoms with Gasteiger partial charge in [0.15, 0.2) is 0 Å². The lowest BCUT2D eigenvalue weighted by Crippen LogP contribution is -2.13. The van der Waals surface area contributed by atoms with E-state index in [9.17, 15) is 13.2 Å². The molecule has 2 N–H and O–H groups in total. The molecule has 0 saturated heterocycles. The van der Waals surface area contributed by atoms with Crippen molar-refractivity contribution in [1.82, 2.24) is 0 Å². The van der Waals surface area contributed by atoms with Crippen LogP contribution in [-0.2, 0) is 0 Å². The average molecular weight is 221 g/mol. The van der Waals surface area contributed by atoms with Crippen molar-refractivity contribution in [2.45, 2.75) is 38.4 Å². The summed E-state index contributed by atoms with van der Waals surface area (Å²) in [6, 6.07) is 1.33. The summed E-state index contributed by atoms with van der Waals surface area (Å²) in [4.78, 5) is 0. The van der Waals surface area contributed by atoms with Crippen LogP contribution in [0.2, 0.25) is 0 Å². The largest absolute Gasteiger partial charge is 0.469 e. The van der Waals surface area contributed by atoms with Gasteiger partial charge in [-0.2, -0.15) is 13.2 Å². The highest BCUT2D eigenvalue weighted by Crippen LogP contribution is 2.26. The van der Waals surface area contributed by atoms with E-state index in [1.807, 2.05) is 0 Å². The Balaban J connectivity index is 2.37. The Labute approximate surface area is 86.3 Å². The second-order valence-corrected chi connectivity index (χ2v) is 3.55. The minimum Gasteiger partial charge on any atom is -0.469 e. The molecule has 0 aliphatic rings. The van der Waals surface area contributed by atoms with E-state index in [4.69, 9.17) is 10.2 Å². The van der Waals surface area contributed by atoms with Crippen LogP contribution in [0.25, 0.3) is 0 Å². The molecule has 0 amide bonds. The Hall–Kier alpha value is -0.970. The molecule has 0 radical (unpaired) electrons. The van der Waals surface area contributed by atoms with Gasteiger partial charge in [-0.15, -0.1) is 0 Å². The van der Waals surface area contributed by atoms with Crippen LogP contribution in [0.4, 0.5) is 13.2 Å². The van der Waals surface area contributed by atoms with E-state index in [2.05, 4.69) is 0 Å². The van der Waals surface area contributed by atoms with Gasteiger partial charge >= 0.3 is 6.18 Å². The van der Waals surface area contributed by atoms with Crippen LogP contribution in [0, 0.1) is 6.92 Å². The van der Waals surface area contributed by atoms with E-state index >= 15 is 0 Å². The van der Waals surface area contributed by atoms with Crippen LogP contribution < -0.4 is 5.73 Å². The minimum atomic E-state index is -4.09. The number of hydrogen-bond donors (Lipinski definition) is 1. The average Bonchev–Trinajstić information content (AvgIpc) is 2.48. The van der Waals surface area contributed by atoms with Gasteiger partial charge in [-0.05, 0) is 25.8 Å². The Kier molecular flexibility index (Phi) is 3.79. The summed E-state index contributed by atoms with van der Waals surface area (Å²) in [6.45, 7) is 1.75. The molecule has 0 spiro atoms. The smallest absolute Gasteiger partial charge is 0.389 e. The fourth-order valence-corrected chi connectivity index (χ4v) is 1.46. The molecule has 0 aromatic carbocycles. The first kappa shape index (κ1) is 12.1. The third kappa shape index (κ3) is 3.95. The molecule has 1 aromatic rings. The van der Waals surface area contributed by atoms with Crippen LogP contribution in [-0.4, -0.2) is 6.18 Å². The Morgan fingerprint density at radius 2 is 2.13 bits per heavy atom. The number of aryl methyl sites for hydroxylation is 1. The second-order valence-electron chi connectivity index (χ2n) is 3.55. The molecule has 86 valence electrons. The molecule has 1 aromatic heterocycles. The van der Waals surface area contributed by atoms with Gasteiger partial charge in [0.05, 0.1) is 6.26 Å². The number of rotatable bonds is 4. The standard InChI is InChI=1S/C10H14F3NO/c1-7-8(4-6-15-7)9(14)3-2-5-10(11,12)13/h4,6,9H,2-3,5,14H2,1H3. The van der Waals surface area contributed by atoms with Gasteiger partial charge in [-0.25, -0.2) is 0 Å². The lowest BCUT2D eigenvalue weighted by molar-refractivity contribution is -0.135. The molecule has 1 rings (SSSR count). The van der Waals surface area contributed by atoms with Crippen LogP contribution in [0.5, 0.6) is 0 Å². The molecular formula is C10H14F3NO. The van der Waals surface area contributed by atoms with Crippen molar-refractivity contribution in [3.63, 3.8) is 0 Å². The highest BCUT2D eigenvalue weighted by Gasteiger charge is 2.26. The Morgan fingerprint density at radius 3 is 2.60 bits per heavy atom. The summed E-state index contributed by atoms with van der Waals surface area (Å²) in [7, 11) is 0. The van der Waals surface area contributed by atoms with Crippen molar-refractivity contribution in [1.29, 1.82) is 0 Å². The van der Waals surface area contributed by atoms with Gasteiger partial charge in [-0.3, -0.25) is 0 Å². The van der Waals surface area contributed by atoms with Crippen LogP contribution in [0.15, 0.2) is 16.7 Å². The summed E-state index contributed by atoms with van der Waals surface area (Å²) < 4.78 is 40.6. The quantitative estimate of drug-likeness (QED) is 0.847. The Morgan fingerprint density at radius 1 is 1.47 bits per heavy atom. The zero-order chi connectivity index (χ0) is 11.5. The minimum absolute atomic E-state index is 0.0509. The van der Waals surface area contributed by atoms with Crippen molar-refractivity contribution in [2.75, 3.05) is 0 Å². The van der Waals surface area contributed by atoms with Gasteiger partial charge in [0.2, 0.25) is 0 Å². The predicted octanol–water partition coefficient (Wildman–Crippen LogP) is 3.32. The normalized spacial score (nSPS) is 14.2. The summed E-state index contributed by atoms with van der Waals surface area (Å²) >= 11 is 0. The van der Waals surface area contributed by atoms with Gasteiger partial charge in [0, 0.05) is 18.0 Å². The molecule has 5 heteroatoms. The fourth-order valence-electron chi connectivity index (χ4n) is 1.46. The lowest BCUT2D eigenvalue weighted by atomic mass is 10.0. The van der Waals surface area contributed by atoms with E-state index < -0.39 is 12.6 Å². The molecule has 0 bridgehead atoms. The fraction of sp³-hybridized carbons (Fsp3) is 0.600. The van der Waals surface area contributed by atoms with Crippen molar-refractivity contribution < 1.29 is 17.6 Å². The van der Waals surface area contributed by atoms with E-state index in [-0.39, 0.29) is 12.5 Å². The molecule has 0 aliphatic carbocycles. The zero-order valence-corrected chi connectivity index (χ0v) is 8.47. The summed E-state index contributed by atoms with van der Waals surface area (Å²) in [5, 5.41) is 0. The topological polar surface area (TPSA) is 39.2 Å². The van der Waals surface area contributed by atoms with E-state index in [1.165, 1.54) is 6.26 Å². The lowest BCUT2D eigenvalue weighted by Gasteiger charge is -2.11. The van der Waals surface area contributed by atoms with Crippen molar-refractivity contribution in [3.05, 3.63) is 23.7 Å². The van der Waals surface area contributed by atoms with Gasteiger partial charge < -0.3 is 10.2 Å². The molecule has 15 heavy (non-hydrogen) atoms. The number of furan rings is 1. The summed E-state index contributed by atoms with van der Waals surface area (Å²) in [5.74, 6) is 0.675. The molecular weight excluding hydrogens is 207 g/mol. The van der Waals surface area contributed by atoms with Crippen LogP contribution >= 0.6 is 0 Å². The third-order valence-corrected chi connectivity index (χ3v) is 2.27. The monoisotopic (exact) mass is 221 g/mol. The molecule has 1 atom stereocenters. The SMILES string of the molecule is Cc1occc1C(N)CCCC(F)(F)F. The van der Waals surface area contributed by atoms with E-state index in [0.717, 1.165) is 5.56 Å². The maximum Gasteiger partial charge on any atom is 0.389 e. The van der Waals surface area contributed by atoms with Crippen molar-refractivity contribution >= 4 is 0 Å². The predicted molar refractivity (Wildman–Crippen MR) is 50.3 cm³/mol. The van der Waals surface area contributed by atoms with Crippen LogP contribution in [0.1, 0.15) is 36.6 Å². The highest BCUT2D eigenvalue weighted by atomic mass is 19.4. The molecule has 0 saturated carbocycles. The number of nitrogens with two attached hydrogens (primary N) is 1. The van der Waals surface area contributed by atoms with Gasteiger partial charge in [0.25, 0.3) is 0 Å². The third-order valence-electron chi connectivity index (χ3n) is 2.27. The van der Waals surface area contributed by atoms with E-state index in [1.54, 1.807) is 13.0 Å². The zero-order valence-electron chi connectivity index (χ0n) is 8.47.